The third-order valence-electron chi connectivity index (χ3n) is 3.89. The summed E-state index contributed by atoms with van der Waals surface area (Å²) >= 11 is 0. The number of piperidine rings is 1. The summed E-state index contributed by atoms with van der Waals surface area (Å²) in [5.41, 5.74) is 0.336. The summed E-state index contributed by atoms with van der Waals surface area (Å²) in [7, 11) is 0. The van der Waals surface area contributed by atoms with E-state index in [-0.39, 0.29) is 11.8 Å². The normalized spacial score (nSPS) is 25.1. The molecule has 0 aromatic heterocycles. The lowest BCUT2D eigenvalue weighted by Crippen LogP contribution is -2.49. The van der Waals surface area contributed by atoms with Crippen molar-refractivity contribution >= 4 is 5.91 Å². The molecule has 1 aromatic carbocycles. The molecule has 1 aliphatic rings. The van der Waals surface area contributed by atoms with Crippen LogP contribution < -0.4 is 0 Å². The zero-order valence-electron chi connectivity index (χ0n) is 11.8. The maximum atomic E-state index is 12.6. The summed E-state index contributed by atoms with van der Waals surface area (Å²) in [6.07, 6.45) is 2.45. The van der Waals surface area contributed by atoms with Gasteiger partial charge in [-0.25, -0.2) is 0 Å². The molecule has 1 fully saturated rings. The van der Waals surface area contributed by atoms with Crippen molar-refractivity contribution in [2.45, 2.75) is 44.6 Å². The van der Waals surface area contributed by atoms with Crippen LogP contribution in [0.3, 0.4) is 0 Å². The average molecular weight is 261 g/mol. The van der Waals surface area contributed by atoms with Crippen LogP contribution in [0.15, 0.2) is 30.3 Å². The van der Waals surface area contributed by atoms with Gasteiger partial charge in [-0.2, -0.15) is 0 Å². The van der Waals surface area contributed by atoms with Gasteiger partial charge < -0.3 is 10.0 Å². The van der Waals surface area contributed by atoms with E-state index < -0.39 is 5.60 Å². The molecule has 2 atom stereocenters. The molecule has 2 rings (SSSR count). The fourth-order valence-electron chi connectivity index (χ4n) is 2.87. The molecule has 0 bridgehead atoms. The minimum atomic E-state index is -0.733. The second kappa shape index (κ2) is 5.74. The molecule has 2 unspecified atom stereocenters. The zero-order chi connectivity index (χ0) is 13.9. The summed E-state index contributed by atoms with van der Waals surface area (Å²) in [6, 6.07) is 9.92. The second-order valence-corrected chi connectivity index (χ2v) is 5.73. The number of β-amino-alcohol motifs (C(OH)–C–C–N with tert-alkyl or cyclic N) is 1. The van der Waals surface area contributed by atoms with Crippen LogP contribution in [0, 0.1) is 0 Å². The molecule has 0 radical (unpaired) electrons. The highest BCUT2D eigenvalue weighted by Gasteiger charge is 2.33. The molecule has 1 saturated heterocycles. The number of hydrogen-bond donors (Lipinski definition) is 1. The van der Waals surface area contributed by atoms with Crippen molar-refractivity contribution in [1.29, 1.82) is 0 Å². The van der Waals surface area contributed by atoms with Crippen molar-refractivity contribution in [2.24, 2.45) is 0 Å². The maximum Gasteiger partial charge on any atom is 0.230 e. The Balaban J connectivity index is 2.13. The molecule has 1 aromatic rings. The average Bonchev–Trinajstić information content (AvgIpc) is 2.39. The van der Waals surface area contributed by atoms with Crippen LogP contribution >= 0.6 is 0 Å². The predicted molar refractivity (Wildman–Crippen MR) is 75.9 cm³/mol. The first kappa shape index (κ1) is 14.1. The summed E-state index contributed by atoms with van der Waals surface area (Å²) < 4.78 is 0. The second-order valence-electron chi connectivity index (χ2n) is 5.73. The number of benzene rings is 1. The minimum absolute atomic E-state index is 0.0879. The third kappa shape index (κ3) is 3.35. The molecular weight excluding hydrogens is 238 g/mol. The van der Waals surface area contributed by atoms with Crippen LogP contribution in [0.25, 0.3) is 0 Å². The predicted octanol–water partition coefficient (Wildman–Crippen LogP) is 2.55. The van der Waals surface area contributed by atoms with E-state index in [1.54, 1.807) is 0 Å². The number of aliphatic hydroxyl groups is 1. The van der Waals surface area contributed by atoms with E-state index in [1.165, 1.54) is 0 Å². The lowest BCUT2D eigenvalue weighted by Gasteiger charge is -2.38. The van der Waals surface area contributed by atoms with Gasteiger partial charge in [0, 0.05) is 13.1 Å². The number of hydrogen-bond acceptors (Lipinski definition) is 2. The monoisotopic (exact) mass is 261 g/mol. The summed E-state index contributed by atoms with van der Waals surface area (Å²) in [4.78, 5) is 14.5. The lowest BCUT2D eigenvalue weighted by molar-refractivity contribution is -0.139. The van der Waals surface area contributed by atoms with Crippen LogP contribution in [-0.2, 0) is 4.79 Å². The molecule has 3 nitrogen and oxygen atoms in total. The van der Waals surface area contributed by atoms with Crippen molar-refractivity contribution in [3.05, 3.63) is 35.9 Å². The van der Waals surface area contributed by atoms with Gasteiger partial charge in [0.2, 0.25) is 5.91 Å². The third-order valence-corrected chi connectivity index (χ3v) is 3.89. The van der Waals surface area contributed by atoms with E-state index in [4.69, 9.17) is 0 Å². The van der Waals surface area contributed by atoms with E-state index in [9.17, 15) is 9.90 Å². The van der Waals surface area contributed by atoms with Gasteiger partial charge >= 0.3 is 0 Å². The Morgan fingerprint density at radius 3 is 2.68 bits per heavy atom. The molecule has 0 spiro atoms. The van der Waals surface area contributed by atoms with Gasteiger partial charge in [0.1, 0.15) is 0 Å². The Labute approximate surface area is 115 Å². The number of nitrogens with zero attached hydrogens (tertiary/aromatic N) is 1. The summed E-state index contributed by atoms with van der Waals surface area (Å²) in [6.45, 7) is 5.07. The number of rotatable bonds is 3. The number of amides is 1. The first-order valence-corrected chi connectivity index (χ1v) is 7.09. The molecule has 19 heavy (non-hydrogen) atoms. The number of carbonyl (C=O) groups is 1. The standard InChI is InChI=1S/C16H23NO2/c1-3-14(13-8-5-4-6-9-13)15(18)17-11-7-10-16(2,19)12-17/h4-6,8-9,14,19H,3,7,10-12H2,1-2H3. The van der Waals surface area contributed by atoms with E-state index in [0.717, 1.165) is 31.4 Å². The molecule has 1 N–H and O–H groups in total. The van der Waals surface area contributed by atoms with E-state index >= 15 is 0 Å². The first-order chi connectivity index (χ1) is 9.03. The molecular formula is C16H23NO2. The van der Waals surface area contributed by atoms with Gasteiger partial charge in [-0.15, -0.1) is 0 Å². The fourth-order valence-corrected chi connectivity index (χ4v) is 2.87. The molecule has 1 heterocycles. The molecule has 1 amide bonds. The molecule has 0 aliphatic carbocycles. The van der Waals surface area contributed by atoms with Crippen LogP contribution in [-0.4, -0.2) is 34.6 Å². The van der Waals surface area contributed by atoms with Crippen molar-refractivity contribution in [2.75, 3.05) is 13.1 Å². The van der Waals surface area contributed by atoms with Crippen LogP contribution in [0.2, 0.25) is 0 Å². The van der Waals surface area contributed by atoms with Crippen LogP contribution in [0.4, 0.5) is 0 Å². The summed E-state index contributed by atoms with van der Waals surface area (Å²) in [5.74, 6) is 0.0591. The smallest absolute Gasteiger partial charge is 0.230 e. The SMILES string of the molecule is CCC(C(=O)N1CCCC(C)(O)C1)c1ccccc1. The topological polar surface area (TPSA) is 40.5 Å². The highest BCUT2D eigenvalue weighted by atomic mass is 16.3. The minimum Gasteiger partial charge on any atom is -0.388 e. The maximum absolute atomic E-state index is 12.6. The largest absolute Gasteiger partial charge is 0.388 e. The zero-order valence-corrected chi connectivity index (χ0v) is 11.8. The Morgan fingerprint density at radius 1 is 1.42 bits per heavy atom. The van der Waals surface area contributed by atoms with Gasteiger partial charge in [-0.1, -0.05) is 37.3 Å². The van der Waals surface area contributed by atoms with Crippen LogP contribution in [0.5, 0.6) is 0 Å². The Kier molecular flexibility index (Phi) is 4.25. The van der Waals surface area contributed by atoms with Gasteiger partial charge in [0.15, 0.2) is 0 Å². The number of carbonyl (C=O) groups excluding carboxylic acids is 1. The highest BCUT2D eigenvalue weighted by Crippen LogP contribution is 2.26. The van der Waals surface area contributed by atoms with Crippen molar-refractivity contribution in [3.63, 3.8) is 0 Å². The molecule has 3 heteroatoms. The van der Waals surface area contributed by atoms with E-state index in [1.807, 2.05) is 49.1 Å². The molecule has 104 valence electrons. The van der Waals surface area contributed by atoms with E-state index in [0.29, 0.717) is 6.54 Å². The Bertz CT molecular complexity index is 428. The number of likely N-dealkylation sites (tertiary alicyclic amines) is 1. The van der Waals surface area contributed by atoms with E-state index in [2.05, 4.69) is 0 Å². The Morgan fingerprint density at radius 2 is 2.11 bits per heavy atom. The van der Waals surface area contributed by atoms with Crippen molar-refractivity contribution < 1.29 is 9.90 Å². The first-order valence-electron chi connectivity index (χ1n) is 7.09. The highest BCUT2D eigenvalue weighted by molar-refractivity contribution is 5.83. The molecule has 1 aliphatic heterocycles. The van der Waals surface area contributed by atoms with Gasteiger partial charge in [-0.05, 0) is 31.7 Å². The van der Waals surface area contributed by atoms with Crippen molar-refractivity contribution in [3.8, 4) is 0 Å². The van der Waals surface area contributed by atoms with Gasteiger partial charge in [0.05, 0.1) is 11.5 Å². The fraction of sp³-hybridized carbons (Fsp3) is 0.562. The summed E-state index contributed by atoms with van der Waals surface area (Å²) in [5, 5.41) is 10.1. The van der Waals surface area contributed by atoms with Crippen LogP contribution in [0.1, 0.15) is 44.6 Å². The van der Waals surface area contributed by atoms with Gasteiger partial charge in [-0.3, -0.25) is 4.79 Å². The van der Waals surface area contributed by atoms with Gasteiger partial charge in [0.25, 0.3) is 0 Å². The quantitative estimate of drug-likeness (QED) is 0.908. The Hall–Kier alpha value is -1.35. The lowest BCUT2D eigenvalue weighted by atomic mass is 9.91. The molecule has 0 saturated carbocycles. The van der Waals surface area contributed by atoms with Crippen molar-refractivity contribution in [1.82, 2.24) is 4.90 Å².